The van der Waals surface area contributed by atoms with Gasteiger partial charge in [0.2, 0.25) is 5.78 Å². The van der Waals surface area contributed by atoms with Gasteiger partial charge >= 0.3 is 11.9 Å². The first-order chi connectivity index (χ1) is 11.9. The highest BCUT2D eigenvalue weighted by Gasteiger charge is 2.34. The van der Waals surface area contributed by atoms with Gasteiger partial charge in [-0.15, -0.1) is 0 Å². The first-order valence-corrected chi connectivity index (χ1v) is 8.67. The van der Waals surface area contributed by atoms with Crippen LogP contribution >= 0.6 is 15.9 Å². The largest absolute Gasteiger partial charge is 0.481 e. The van der Waals surface area contributed by atoms with Crippen molar-refractivity contribution in [1.29, 1.82) is 0 Å². The summed E-state index contributed by atoms with van der Waals surface area (Å²) >= 11 is 3.37. The Hall–Kier alpha value is -2.41. The summed E-state index contributed by atoms with van der Waals surface area (Å²) in [6.45, 7) is 2.44. The number of fused-ring (bicyclic) bond motifs is 1. The third-order valence-electron chi connectivity index (χ3n) is 4.23. The molecule has 0 spiro atoms. The molecule has 1 aromatic heterocycles. The summed E-state index contributed by atoms with van der Waals surface area (Å²) in [5, 5.41) is 9.33. The molecule has 1 aliphatic heterocycles. The van der Waals surface area contributed by atoms with Gasteiger partial charge in [0.05, 0.1) is 23.8 Å². The monoisotopic (exact) mass is 405 g/mol. The number of benzene rings is 1. The van der Waals surface area contributed by atoms with Crippen LogP contribution in [0.3, 0.4) is 0 Å². The molecule has 2 aromatic rings. The molecule has 1 N–H and O–H groups in total. The van der Waals surface area contributed by atoms with E-state index in [2.05, 4.69) is 15.9 Å². The molecule has 7 heteroatoms. The van der Waals surface area contributed by atoms with Crippen LogP contribution in [0.4, 0.5) is 0 Å². The van der Waals surface area contributed by atoms with Crippen molar-refractivity contribution in [3.05, 3.63) is 57.3 Å². The van der Waals surface area contributed by atoms with Gasteiger partial charge in [0.25, 0.3) is 0 Å². The minimum absolute atomic E-state index is 0.257. The fourth-order valence-electron chi connectivity index (χ4n) is 3.10. The predicted molar refractivity (Wildman–Crippen MR) is 93.0 cm³/mol. The standard InChI is InChI=1S/C18H16BrNO5/c1-2-25-18(24)11-5-3-4-10(8-11)16(21)14-9-13(19)15-12(17(22)23)6-7-20(14)15/h3-5,8-9,12H,2,6-7H2,1H3,(H,22,23). The fraction of sp³-hybridized carbons (Fsp3) is 0.278. The highest BCUT2D eigenvalue weighted by Crippen LogP contribution is 2.37. The molecule has 0 saturated carbocycles. The summed E-state index contributed by atoms with van der Waals surface area (Å²) < 4.78 is 7.31. The summed E-state index contributed by atoms with van der Waals surface area (Å²) in [4.78, 5) is 36.1. The van der Waals surface area contributed by atoms with Crippen molar-refractivity contribution < 1.29 is 24.2 Å². The fourth-order valence-corrected chi connectivity index (χ4v) is 3.81. The van der Waals surface area contributed by atoms with Gasteiger partial charge in [0.1, 0.15) is 0 Å². The van der Waals surface area contributed by atoms with Crippen molar-refractivity contribution in [3.8, 4) is 0 Å². The zero-order valence-electron chi connectivity index (χ0n) is 13.5. The number of esters is 1. The van der Waals surface area contributed by atoms with E-state index in [9.17, 15) is 19.5 Å². The smallest absolute Gasteiger partial charge is 0.338 e. The molecule has 0 bridgehead atoms. The molecular weight excluding hydrogens is 390 g/mol. The lowest BCUT2D eigenvalue weighted by Gasteiger charge is -2.07. The van der Waals surface area contributed by atoms with Crippen LogP contribution < -0.4 is 0 Å². The van der Waals surface area contributed by atoms with Crippen molar-refractivity contribution in [2.45, 2.75) is 25.8 Å². The van der Waals surface area contributed by atoms with E-state index in [1.165, 1.54) is 6.07 Å². The first-order valence-electron chi connectivity index (χ1n) is 7.87. The number of hydrogen-bond acceptors (Lipinski definition) is 4. The molecule has 0 amide bonds. The minimum Gasteiger partial charge on any atom is -0.481 e. The van der Waals surface area contributed by atoms with Gasteiger partial charge in [-0.1, -0.05) is 12.1 Å². The van der Waals surface area contributed by atoms with Crippen LogP contribution in [-0.2, 0) is 16.1 Å². The van der Waals surface area contributed by atoms with Crippen molar-refractivity contribution in [1.82, 2.24) is 4.57 Å². The number of rotatable bonds is 5. The number of carbonyl (C=O) groups is 3. The van der Waals surface area contributed by atoms with Gasteiger partial charge < -0.3 is 14.4 Å². The Labute approximate surface area is 152 Å². The molecule has 0 fully saturated rings. The summed E-state index contributed by atoms with van der Waals surface area (Å²) in [5.74, 6) is -2.27. The zero-order chi connectivity index (χ0) is 18.1. The number of carbonyl (C=O) groups excluding carboxylic acids is 2. The van der Waals surface area contributed by atoms with Crippen LogP contribution in [0.25, 0.3) is 0 Å². The molecule has 0 saturated heterocycles. The van der Waals surface area contributed by atoms with Crippen molar-refractivity contribution in [3.63, 3.8) is 0 Å². The molecule has 0 radical (unpaired) electrons. The van der Waals surface area contributed by atoms with E-state index in [-0.39, 0.29) is 12.4 Å². The van der Waals surface area contributed by atoms with Crippen LogP contribution in [0.1, 0.15) is 51.4 Å². The second kappa shape index (κ2) is 6.84. The number of hydrogen-bond donors (Lipinski definition) is 1. The van der Waals surface area contributed by atoms with Crippen molar-refractivity contribution >= 4 is 33.7 Å². The molecule has 0 aliphatic carbocycles. The van der Waals surface area contributed by atoms with E-state index in [4.69, 9.17) is 4.74 Å². The Bertz CT molecular complexity index is 870. The lowest BCUT2D eigenvalue weighted by Crippen LogP contribution is -2.11. The van der Waals surface area contributed by atoms with Crippen molar-refractivity contribution in [2.24, 2.45) is 0 Å². The maximum absolute atomic E-state index is 12.9. The number of nitrogens with zero attached hydrogens (tertiary/aromatic N) is 1. The molecule has 25 heavy (non-hydrogen) atoms. The molecule has 130 valence electrons. The molecule has 6 nitrogen and oxygen atoms in total. The maximum Gasteiger partial charge on any atom is 0.338 e. The topological polar surface area (TPSA) is 85.6 Å². The number of halogens is 1. The molecule has 1 aliphatic rings. The lowest BCUT2D eigenvalue weighted by molar-refractivity contribution is -0.138. The van der Waals surface area contributed by atoms with E-state index in [1.54, 1.807) is 35.8 Å². The second-order valence-corrected chi connectivity index (χ2v) is 6.58. The molecular formula is C18H16BrNO5. The van der Waals surface area contributed by atoms with Crippen LogP contribution in [0.5, 0.6) is 0 Å². The predicted octanol–water partition coefficient (Wildman–Crippen LogP) is 3.23. The number of aliphatic carboxylic acids is 1. The maximum atomic E-state index is 12.9. The molecule has 1 aromatic carbocycles. The van der Waals surface area contributed by atoms with Crippen LogP contribution in [0.2, 0.25) is 0 Å². The van der Waals surface area contributed by atoms with E-state index in [1.807, 2.05) is 0 Å². The Morgan fingerprint density at radius 1 is 1.28 bits per heavy atom. The Morgan fingerprint density at radius 3 is 2.68 bits per heavy atom. The van der Waals surface area contributed by atoms with Crippen molar-refractivity contribution in [2.75, 3.05) is 6.61 Å². The Balaban J connectivity index is 1.97. The summed E-state index contributed by atoms with van der Waals surface area (Å²) in [6.07, 6.45) is 0.452. The SMILES string of the molecule is CCOC(=O)c1cccc(C(=O)c2cc(Br)c3n2CCC3C(=O)O)c1. The lowest BCUT2D eigenvalue weighted by atomic mass is 10.0. The minimum atomic E-state index is -0.902. The average molecular weight is 406 g/mol. The Morgan fingerprint density at radius 2 is 2.00 bits per heavy atom. The third-order valence-corrected chi connectivity index (χ3v) is 4.86. The summed E-state index contributed by atoms with van der Waals surface area (Å²) in [5.41, 5.74) is 1.68. The van der Waals surface area contributed by atoms with E-state index in [0.29, 0.717) is 40.0 Å². The van der Waals surface area contributed by atoms with Crippen LogP contribution in [0, 0.1) is 0 Å². The number of aromatic nitrogens is 1. The molecule has 3 rings (SSSR count). The van der Waals surface area contributed by atoms with Gasteiger partial charge in [-0.3, -0.25) is 9.59 Å². The highest BCUT2D eigenvalue weighted by molar-refractivity contribution is 9.10. The molecule has 1 unspecified atom stereocenters. The highest BCUT2D eigenvalue weighted by atomic mass is 79.9. The third kappa shape index (κ3) is 3.11. The quantitative estimate of drug-likeness (QED) is 0.609. The van der Waals surface area contributed by atoms with E-state index < -0.39 is 17.9 Å². The van der Waals surface area contributed by atoms with Crippen LogP contribution in [0.15, 0.2) is 34.8 Å². The van der Waals surface area contributed by atoms with Gasteiger partial charge in [-0.25, -0.2) is 4.79 Å². The first kappa shape index (κ1) is 17.4. The zero-order valence-corrected chi connectivity index (χ0v) is 15.1. The van der Waals surface area contributed by atoms with Gasteiger partial charge in [0, 0.05) is 22.3 Å². The number of ketones is 1. The van der Waals surface area contributed by atoms with E-state index in [0.717, 1.165) is 0 Å². The van der Waals surface area contributed by atoms with Gasteiger partial charge in [-0.2, -0.15) is 0 Å². The number of ether oxygens (including phenoxy) is 1. The number of carboxylic acid groups (broad SMARTS) is 1. The summed E-state index contributed by atoms with van der Waals surface area (Å²) in [7, 11) is 0. The molecule has 1 atom stereocenters. The van der Waals surface area contributed by atoms with Gasteiger partial charge in [0.15, 0.2) is 0 Å². The average Bonchev–Trinajstić information content (AvgIpc) is 3.16. The normalized spacial score (nSPS) is 15.7. The van der Waals surface area contributed by atoms with Gasteiger partial charge in [-0.05, 0) is 47.5 Å². The summed E-state index contributed by atoms with van der Waals surface area (Å²) in [6, 6.07) is 7.99. The number of carboxylic acids is 1. The molecule has 2 heterocycles. The van der Waals surface area contributed by atoms with Crippen LogP contribution in [-0.4, -0.2) is 34.0 Å². The Kier molecular flexibility index (Phi) is 4.76. The van der Waals surface area contributed by atoms with E-state index >= 15 is 0 Å². The second-order valence-electron chi connectivity index (χ2n) is 5.72.